The maximum absolute atomic E-state index is 11.5. The van der Waals surface area contributed by atoms with Crippen LogP contribution in [-0.2, 0) is 4.79 Å². The van der Waals surface area contributed by atoms with E-state index in [1.807, 2.05) is 19.1 Å². The summed E-state index contributed by atoms with van der Waals surface area (Å²) < 4.78 is 0. The van der Waals surface area contributed by atoms with Crippen molar-refractivity contribution in [1.82, 2.24) is 10.2 Å². The molecule has 2 N–H and O–H groups in total. The second kappa shape index (κ2) is 5.40. The predicted octanol–water partition coefficient (Wildman–Crippen LogP) is 3.89. The molecule has 106 valence electrons. The molecule has 3 rings (SSSR count). The number of carbonyl (C=O) groups excluding carboxylic acids is 1. The number of rotatable bonds is 3. The second-order valence-electron chi connectivity index (χ2n) is 5.10. The Balaban J connectivity index is 1.98. The number of H-pyrrole nitrogens is 1. The van der Waals surface area contributed by atoms with Crippen LogP contribution in [-0.4, -0.2) is 16.1 Å². The van der Waals surface area contributed by atoms with Gasteiger partial charge in [-0.25, -0.2) is 0 Å². The molecule has 0 saturated heterocycles. The van der Waals surface area contributed by atoms with Crippen LogP contribution in [0.1, 0.15) is 18.9 Å². The molecule has 0 bridgehead atoms. The number of anilines is 1. The first-order valence-electron chi connectivity index (χ1n) is 7.02. The quantitative estimate of drug-likeness (QED) is 0.764. The van der Waals surface area contributed by atoms with Crippen LogP contribution in [0.2, 0.25) is 0 Å². The van der Waals surface area contributed by atoms with Gasteiger partial charge in [0.25, 0.3) is 0 Å². The molecule has 2 aromatic carbocycles. The van der Waals surface area contributed by atoms with Gasteiger partial charge in [-0.05, 0) is 30.2 Å². The van der Waals surface area contributed by atoms with E-state index in [0.717, 1.165) is 22.0 Å². The van der Waals surface area contributed by atoms with Gasteiger partial charge in [-0.1, -0.05) is 42.8 Å². The molecule has 1 aromatic heterocycles. The van der Waals surface area contributed by atoms with Crippen molar-refractivity contribution in [2.45, 2.75) is 20.3 Å². The first-order valence-corrected chi connectivity index (χ1v) is 7.02. The van der Waals surface area contributed by atoms with E-state index in [0.29, 0.717) is 12.2 Å². The summed E-state index contributed by atoms with van der Waals surface area (Å²) in [7, 11) is 0. The average Bonchev–Trinajstić information content (AvgIpc) is 2.90. The van der Waals surface area contributed by atoms with E-state index >= 15 is 0 Å². The van der Waals surface area contributed by atoms with Gasteiger partial charge in [-0.2, -0.15) is 5.10 Å². The Labute approximate surface area is 123 Å². The number of fused-ring (bicyclic) bond motifs is 1. The molecule has 0 fully saturated rings. The minimum absolute atomic E-state index is 0.0361. The summed E-state index contributed by atoms with van der Waals surface area (Å²) in [5.41, 5.74) is 4.45. The molecule has 0 aliphatic carbocycles. The van der Waals surface area contributed by atoms with Gasteiger partial charge in [-0.15, -0.1) is 0 Å². The highest BCUT2D eigenvalue weighted by Crippen LogP contribution is 2.27. The van der Waals surface area contributed by atoms with Gasteiger partial charge in [-0.3, -0.25) is 9.89 Å². The van der Waals surface area contributed by atoms with E-state index < -0.39 is 0 Å². The maximum atomic E-state index is 11.5. The lowest BCUT2D eigenvalue weighted by Gasteiger charge is -2.03. The summed E-state index contributed by atoms with van der Waals surface area (Å²) in [6, 6.07) is 14.5. The molecule has 21 heavy (non-hydrogen) atoms. The zero-order valence-corrected chi connectivity index (χ0v) is 12.1. The monoisotopic (exact) mass is 279 g/mol. The van der Waals surface area contributed by atoms with Crippen molar-refractivity contribution in [2.75, 3.05) is 5.32 Å². The Morgan fingerprint density at radius 2 is 1.86 bits per heavy atom. The third-order valence-electron chi connectivity index (χ3n) is 3.53. The second-order valence-corrected chi connectivity index (χ2v) is 5.10. The fourth-order valence-electron chi connectivity index (χ4n) is 2.26. The standard InChI is InChI=1S/C17H17N3O/c1-3-16(21)18-17-14-9-8-13(10-15(14)19-20-17)12-6-4-11(2)5-7-12/h4-10H,3H2,1-2H3,(H2,18,19,20,21). The van der Waals surface area contributed by atoms with Crippen LogP contribution in [0, 0.1) is 6.92 Å². The Morgan fingerprint density at radius 1 is 1.14 bits per heavy atom. The highest BCUT2D eigenvalue weighted by atomic mass is 16.1. The molecule has 4 heteroatoms. The smallest absolute Gasteiger partial charge is 0.225 e. The Kier molecular flexibility index (Phi) is 3.44. The van der Waals surface area contributed by atoms with E-state index in [1.165, 1.54) is 5.56 Å². The van der Waals surface area contributed by atoms with Crippen LogP contribution < -0.4 is 5.32 Å². The third-order valence-corrected chi connectivity index (χ3v) is 3.53. The Morgan fingerprint density at radius 3 is 2.57 bits per heavy atom. The molecular formula is C17H17N3O. The Bertz CT molecular complexity index is 787. The summed E-state index contributed by atoms with van der Waals surface area (Å²) in [4.78, 5) is 11.5. The molecule has 4 nitrogen and oxygen atoms in total. The van der Waals surface area contributed by atoms with Gasteiger partial charge >= 0.3 is 0 Å². The first kappa shape index (κ1) is 13.4. The molecule has 0 aliphatic rings. The van der Waals surface area contributed by atoms with Gasteiger partial charge in [0.2, 0.25) is 5.91 Å². The summed E-state index contributed by atoms with van der Waals surface area (Å²) >= 11 is 0. The topological polar surface area (TPSA) is 57.8 Å². The van der Waals surface area contributed by atoms with Crippen molar-refractivity contribution < 1.29 is 4.79 Å². The minimum atomic E-state index is -0.0361. The van der Waals surface area contributed by atoms with Crippen LogP contribution in [0.15, 0.2) is 42.5 Å². The number of hydrogen-bond donors (Lipinski definition) is 2. The number of aromatic amines is 1. The molecule has 3 aromatic rings. The van der Waals surface area contributed by atoms with Gasteiger partial charge in [0.15, 0.2) is 5.82 Å². The number of aryl methyl sites for hydroxylation is 1. The van der Waals surface area contributed by atoms with E-state index in [2.05, 4.69) is 52.8 Å². The SMILES string of the molecule is CCC(=O)Nc1n[nH]c2cc(-c3ccc(C)cc3)ccc12. The Hall–Kier alpha value is -2.62. The van der Waals surface area contributed by atoms with Crippen LogP contribution >= 0.6 is 0 Å². The highest BCUT2D eigenvalue weighted by Gasteiger charge is 2.09. The van der Waals surface area contributed by atoms with Crippen molar-refractivity contribution in [2.24, 2.45) is 0 Å². The minimum Gasteiger partial charge on any atom is -0.309 e. The molecule has 0 radical (unpaired) electrons. The number of amides is 1. The summed E-state index contributed by atoms with van der Waals surface area (Å²) in [6.07, 6.45) is 0.440. The molecule has 0 spiro atoms. The summed E-state index contributed by atoms with van der Waals surface area (Å²) in [5.74, 6) is 0.554. The molecule has 0 atom stereocenters. The van der Waals surface area contributed by atoms with E-state index in [4.69, 9.17) is 0 Å². The highest BCUT2D eigenvalue weighted by molar-refractivity contribution is 6.00. The number of benzene rings is 2. The van der Waals surface area contributed by atoms with Gasteiger partial charge in [0, 0.05) is 11.8 Å². The van der Waals surface area contributed by atoms with E-state index in [-0.39, 0.29) is 5.91 Å². The molecule has 1 heterocycles. The number of aromatic nitrogens is 2. The van der Waals surface area contributed by atoms with Crippen molar-refractivity contribution >= 4 is 22.6 Å². The fraction of sp³-hybridized carbons (Fsp3) is 0.176. The van der Waals surface area contributed by atoms with Gasteiger partial charge < -0.3 is 5.32 Å². The number of carbonyl (C=O) groups is 1. The lowest BCUT2D eigenvalue weighted by Crippen LogP contribution is -2.09. The number of hydrogen-bond acceptors (Lipinski definition) is 2. The van der Waals surface area contributed by atoms with Crippen LogP contribution in [0.25, 0.3) is 22.0 Å². The van der Waals surface area contributed by atoms with E-state index in [1.54, 1.807) is 0 Å². The van der Waals surface area contributed by atoms with Crippen molar-refractivity contribution in [3.05, 3.63) is 48.0 Å². The van der Waals surface area contributed by atoms with Crippen LogP contribution in [0.5, 0.6) is 0 Å². The normalized spacial score (nSPS) is 10.8. The molecular weight excluding hydrogens is 262 g/mol. The average molecular weight is 279 g/mol. The van der Waals surface area contributed by atoms with E-state index in [9.17, 15) is 4.79 Å². The molecule has 0 aliphatic heterocycles. The van der Waals surface area contributed by atoms with Gasteiger partial charge in [0.1, 0.15) is 0 Å². The summed E-state index contributed by atoms with van der Waals surface area (Å²) in [6.45, 7) is 3.89. The predicted molar refractivity (Wildman–Crippen MR) is 85.2 cm³/mol. The number of nitrogens with one attached hydrogen (secondary N) is 2. The lowest BCUT2D eigenvalue weighted by atomic mass is 10.0. The van der Waals surface area contributed by atoms with Crippen molar-refractivity contribution in [1.29, 1.82) is 0 Å². The number of nitrogens with zero attached hydrogens (tertiary/aromatic N) is 1. The summed E-state index contributed by atoms with van der Waals surface area (Å²) in [5, 5.41) is 10.9. The maximum Gasteiger partial charge on any atom is 0.225 e. The molecule has 0 saturated carbocycles. The lowest BCUT2D eigenvalue weighted by molar-refractivity contribution is -0.115. The zero-order chi connectivity index (χ0) is 14.8. The van der Waals surface area contributed by atoms with Crippen LogP contribution in [0.4, 0.5) is 5.82 Å². The fourth-order valence-corrected chi connectivity index (χ4v) is 2.26. The largest absolute Gasteiger partial charge is 0.309 e. The van der Waals surface area contributed by atoms with Crippen LogP contribution in [0.3, 0.4) is 0 Å². The van der Waals surface area contributed by atoms with Gasteiger partial charge in [0.05, 0.1) is 5.52 Å². The zero-order valence-electron chi connectivity index (χ0n) is 12.1. The van der Waals surface area contributed by atoms with Crippen molar-refractivity contribution in [3.63, 3.8) is 0 Å². The first-order chi connectivity index (χ1) is 10.2. The third kappa shape index (κ3) is 2.65. The molecule has 1 amide bonds. The molecule has 0 unspecified atom stereocenters. The van der Waals surface area contributed by atoms with Crippen molar-refractivity contribution in [3.8, 4) is 11.1 Å².